The largest absolute Gasteiger partial charge is 0.0654 e. The van der Waals surface area contributed by atoms with E-state index in [1.807, 2.05) is 0 Å². The maximum absolute atomic E-state index is 2.27. The summed E-state index contributed by atoms with van der Waals surface area (Å²) in [6.07, 6.45) is 11.5. The lowest BCUT2D eigenvalue weighted by atomic mass is 10.1. The lowest BCUT2D eigenvalue weighted by Gasteiger charge is -2.18. The minimum absolute atomic E-state index is 0.446. The minimum Gasteiger partial charge on any atom is -0.0654 e. The van der Waals surface area contributed by atoms with Crippen LogP contribution in [-0.2, 0) is 0 Å². The lowest BCUT2D eigenvalue weighted by Crippen LogP contribution is -2.20. The first-order valence-corrected chi connectivity index (χ1v) is 12.7. The second-order valence-electron chi connectivity index (χ2n) is 7.46. The molecule has 0 heterocycles. The monoisotopic (exact) mass is 404 g/mol. The SMILES string of the molecule is CCCCCCCCCC.c1ccc(P(c2ccccc2)c2ccccc2)cc1. The van der Waals surface area contributed by atoms with Gasteiger partial charge in [-0.05, 0) is 23.8 Å². The predicted molar refractivity (Wildman–Crippen MR) is 133 cm³/mol. The van der Waals surface area contributed by atoms with Crippen molar-refractivity contribution in [3.63, 3.8) is 0 Å². The molecular weight excluding hydrogens is 367 g/mol. The summed E-state index contributed by atoms with van der Waals surface area (Å²) < 4.78 is 0. The second-order valence-corrected chi connectivity index (χ2v) is 9.68. The molecule has 0 aliphatic rings. The van der Waals surface area contributed by atoms with E-state index in [0.29, 0.717) is 0 Å². The van der Waals surface area contributed by atoms with E-state index in [1.165, 1.54) is 67.3 Å². The molecule has 0 N–H and O–H groups in total. The van der Waals surface area contributed by atoms with Gasteiger partial charge in [0.05, 0.1) is 0 Å². The van der Waals surface area contributed by atoms with Crippen LogP contribution >= 0.6 is 7.92 Å². The highest BCUT2D eigenvalue weighted by Crippen LogP contribution is 2.32. The third-order valence-corrected chi connectivity index (χ3v) is 7.44. The Kier molecular flexibility index (Phi) is 12.1. The smallest absolute Gasteiger partial charge is 0.0134 e. The molecule has 3 rings (SSSR count). The molecule has 0 spiro atoms. The molecule has 154 valence electrons. The average molecular weight is 405 g/mol. The van der Waals surface area contributed by atoms with E-state index in [1.54, 1.807) is 0 Å². The summed E-state index contributed by atoms with van der Waals surface area (Å²) in [7, 11) is -0.446. The van der Waals surface area contributed by atoms with Crippen LogP contribution < -0.4 is 15.9 Å². The molecule has 29 heavy (non-hydrogen) atoms. The Morgan fingerprint density at radius 3 is 0.966 bits per heavy atom. The van der Waals surface area contributed by atoms with Crippen molar-refractivity contribution in [1.82, 2.24) is 0 Å². The minimum atomic E-state index is -0.446. The van der Waals surface area contributed by atoms with Crippen LogP contribution in [0.25, 0.3) is 0 Å². The molecule has 0 aliphatic carbocycles. The van der Waals surface area contributed by atoms with E-state index >= 15 is 0 Å². The third kappa shape index (κ3) is 8.97. The van der Waals surface area contributed by atoms with E-state index in [9.17, 15) is 0 Å². The molecule has 0 radical (unpaired) electrons. The molecule has 3 aromatic carbocycles. The average Bonchev–Trinajstić information content (AvgIpc) is 2.79. The first-order valence-electron chi connectivity index (χ1n) is 11.3. The summed E-state index contributed by atoms with van der Waals surface area (Å²) in [5.74, 6) is 0. The number of rotatable bonds is 10. The summed E-state index contributed by atoms with van der Waals surface area (Å²) >= 11 is 0. The van der Waals surface area contributed by atoms with Crippen LogP contribution in [0.15, 0.2) is 91.0 Å². The number of benzene rings is 3. The Hall–Kier alpha value is -1.91. The molecule has 0 aromatic heterocycles. The van der Waals surface area contributed by atoms with Crippen molar-refractivity contribution < 1.29 is 0 Å². The Morgan fingerprint density at radius 1 is 0.414 bits per heavy atom. The van der Waals surface area contributed by atoms with Gasteiger partial charge in [-0.3, -0.25) is 0 Å². The summed E-state index contributed by atoms with van der Waals surface area (Å²) in [4.78, 5) is 0. The lowest BCUT2D eigenvalue weighted by molar-refractivity contribution is 0.585. The standard InChI is InChI=1S/C18H15P.C10H22/c1-4-10-16(11-5-1)19(17-12-6-2-7-13-17)18-14-8-3-9-15-18;1-3-5-7-9-10-8-6-4-2/h1-15H;3-10H2,1-2H3. The van der Waals surface area contributed by atoms with Crippen molar-refractivity contribution in [2.24, 2.45) is 0 Å². The van der Waals surface area contributed by atoms with Crippen LogP contribution in [0.3, 0.4) is 0 Å². The van der Waals surface area contributed by atoms with E-state index in [2.05, 4.69) is 105 Å². The van der Waals surface area contributed by atoms with Crippen LogP contribution in [0.4, 0.5) is 0 Å². The normalized spacial score (nSPS) is 10.4. The van der Waals surface area contributed by atoms with Crippen molar-refractivity contribution in [1.29, 1.82) is 0 Å². The Bertz CT molecular complexity index is 635. The molecule has 0 saturated carbocycles. The number of unbranched alkanes of at least 4 members (excludes halogenated alkanes) is 7. The zero-order chi connectivity index (χ0) is 20.6. The zero-order valence-corrected chi connectivity index (χ0v) is 19.2. The summed E-state index contributed by atoms with van der Waals surface area (Å²) in [5, 5.41) is 4.19. The molecule has 0 atom stereocenters. The highest BCUT2D eigenvalue weighted by Gasteiger charge is 2.14. The van der Waals surface area contributed by atoms with Crippen molar-refractivity contribution in [3.05, 3.63) is 91.0 Å². The van der Waals surface area contributed by atoms with E-state index < -0.39 is 7.92 Å². The fourth-order valence-electron chi connectivity index (χ4n) is 3.39. The third-order valence-electron chi connectivity index (χ3n) is 5.00. The maximum Gasteiger partial charge on any atom is -0.0134 e. The molecule has 3 aromatic rings. The van der Waals surface area contributed by atoms with Gasteiger partial charge in [-0.1, -0.05) is 156 Å². The Labute approximate surface area is 180 Å². The van der Waals surface area contributed by atoms with E-state index in [-0.39, 0.29) is 0 Å². The van der Waals surface area contributed by atoms with Crippen molar-refractivity contribution in [2.45, 2.75) is 65.2 Å². The predicted octanol–water partition coefficient (Wildman–Crippen LogP) is 7.59. The number of hydrogen-bond acceptors (Lipinski definition) is 0. The molecule has 0 amide bonds. The van der Waals surface area contributed by atoms with Gasteiger partial charge in [0.25, 0.3) is 0 Å². The van der Waals surface area contributed by atoms with Gasteiger partial charge in [-0.15, -0.1) is 0 Å². The van der Waals surface area contributed by atoms with Gasteiger partial charge in [0, 0.05) is 0 Å². The summed E-state index contributed by atoms with van der Waals surface area (Å²) in [5.41, 5.74) is 0. The fourth-order valence-corrected chi connectivity index (χ4v) is 5.69. The topological polar surface area (TPSA) is 0 Å². The van der Waals surface area contributed by atoms with Gasteiger partial charge >= 0.3 is 0 Å². The number of hydrogen-bond donors (Lipinski definition) is 0. The van der Waals surface area contributed by atoms with Gasteiger partial charge in [0.1, 0.15) is 0 Å². The Morgan fingerprint density at radius 2 is 0.690 bits per heavy atom. The first-order chi connectivity index (χ1) is 14.4. The van der Waals surface area contributed by atoms with E-state index in [4.69, 9.17) is 0 Å². The van der Waals surface area contributed by atoms with Crippen molar-refractivity contribution >= 4 is 23.8 Å². The Balaban J connectivity index is 0.000000257. The van der Waals surface area contributed by atoms with Gasteiger partial charge < -0.3 is 0 Å². The maximum atomic E-state index is 2.27. The van der Waals surface area contributed by atoms with Crippen LogP contribution in [0.1, 0.15) is 65.2 Å². The van der Waals surface area contributed by atoms with E-state index in [0.717, 1.165) is 0 Å². The summed E-state index contributed by atoms with van der Waals surface area (Å²) in [6, 6.07) is 32.3. The van der Waals surface area contributed by atoms with Crippen LogP contribution in [-0.4, -0.2) is 0 Å². The van der Waals surface area contributed by atoms with Crippen molar-refractivity contribution in [2.75, 3.05) is 0 Å². The highest BCUT2D eigenvalue weighted by atomic mass is 31.1. The van der Waals surface area contributed by atoms with Crippen LogP contribution in [0.5, 0.6) is 0 Å². The zero-order valence-electron chi connectivity index (χ0n) is 18.3. The molecule has 0 saturated heterocycles. The molecule has 1 heteroatoms. The van der Waals surface area contributed by atoms with Gasteiger partial charge in [0.2, 0.25) is 0 Å². The van der Waals surface area contributed by atoms with Crippen LogP contribution in [0, 0.1) is 0 Å². The molecule has 0 aliphatic heterocycles. The fraction of sp³-hybridized carbons (Fsp3) is 0.357. The van der Waals surface area contributed by atoms with Crippen molar-refractivity contribution in [3.8, 4) is 0 Å². The molecule has 0 bridgehead atoms. The van der Waals surface area contributed by atoms with Gasteiger partial charge in [0.15, 0.2) is 0 Å². The summed E-state index contributed by atoms with van der Waals surface area (Å²) in [6.45, 7) is 4.54. The highest BCUT2D eigenvalue weighted by molar-refractivity contribution is 7.79. The molecular formula is C28H37P. The first kappa shape index (κ1) is 23.4. The van der Waals surface area contributed by atoms with Crippen LogP contribution in [0.2, 0.25) is 0 Å². The van der Waals surface area contributed by atoms with Gasteiger partial charge in [-0.2, -0.15) is 0 Å². The molecule has 0 fully saturated rings. The van der Waals surface area contributed by atoms with Gasteiger partial charge in [-0.25, -0.2) is 0 Å². The molecule has 0 nitrogen and oxygen atoms in total. The quantitative estimate of drug-likeness (QED) is 0.241. The molecule has 0 unspecified atom stereocenters. The second kappa shape index (κ2) is 15.0.